The second kappa shape index (κ2) is 4.12. The molecular weight excluding hydrogens is 270 g/mol. The molecule has 0 saturated carbocycles. The summed E-state index contributed by atoms with van der Waals surface area (Å²) in [5.41, 5.74) is -0.109. The summed E-state index contributed by atoms with van der Waals surface area (Å²) < 4.78 is 6.11. The van der Waals surface area contributed by atoms with Crippen LogP contribution in [0.15, 0.2) is 35.0 Å². The Kier molecular flexibility index (Phi) is 2.42. The van der Waals surface area contributed by atoms with Crippen molar-refractivity contribution < 1.29 is 14.3 Å². The highest BCUT2D eigenvalue weighted by molar-refractivity contribution is 5.67. The molecule has 0 atom stereocenters. The fourth-order valence-electron chi connectivity index (χ4n) is 1.77. The minimum atomic E-state index is -0.733. The van der Waals surface area contributed by atoms with Crippen molar-refractivity contribution >= 4 is 17.5 Å². The summed E-state index contributed by atoms with van der Waals surface area (Å²) in [6.07, 6.45) is 2.86. The first-order valence-electron chi connectivity index (χ1n) is 5.30. The SMILES string of the molecule is O=[N+]([O-])c1ccc(-c2nc3ncccn3c2[N+](=O)[O-])o1. The van der Waals surface area contributed by atoms with Crippen molar-refractivity contribution in [1.82, 2.24) is 14.4 Å². The third-order valence-electron chi connectivity index (χ3n) is 2.56. The van der Waals surface area contributed by atoms with E-state index in [-0.39, 0.29) is 23.0 Å². The lowest BCUT2D eigenvalue weighted by atomic mass is 10.3. The number of aromatic nitrogens is 3. The summed E-state index contributed by atoms with van der Waals surface area (Å²) in [6.45, 7) is 0. The molecule has 0 bridgehead atoms. The molecule has 0 N–H and O–H groups in total. The molecule has 0 aliphatic carbocycles. The molecule has 100 valence electrons. The van der Waals surface area contributed by atoms with Gasteiger partial charge < -0.3 is 14.5 Å². The lowest BCUT2D eigenvalue weighted by Gasteiger charge is -1.94. The Labute approximate surface area is 109 Å². The highest BCUT2D eigenvalue weighted by Crippen LogP contribution is 2.32. The summed E-state index contributed by atoms with van der Waals surface area (Å²) >= 11 is 0. The van der Waals surface area contributed by atoms with Crippen molar-refractivity contribution in [2.75, 3.05) is 0 Å². The number of nitro groups is 2. The van der Waals surface area contributed by atoms with Gasteiger partial charge in [0, 0.05) is 6.20 Å². The van der Waals surface area contributed by atoms with Gasteiger partial charge in [-0.15, -0.1) is 0 Å². The first-order valence-corrected chi connectivity index (χ1v) is 5.30. The molecule has 0 aliphatic heterocycles. The van der Waals surface area contributed by atoms with E-state index in [1.54, 1.807) is 0 Å². The fraction of sp³-hybridized carbons (Fsp3) is 0. The zero-order chi connectivity index (χ0) is 14.3. The van der Waals surface area contributed by atoms with Gasteiger partial charge in [0.2, 0.25) is 5.69 Å². The third-order valence-corrected chi connectivity index (χ3v) is 2.56. The van der Waals surface area contributed by atoms with Crippen LogP contribution in [0.4, 0.5) is 11.7 Å². The zero-order valence-electron chi connectivity index (χ0n) is 9.66. The molecule has 10 nitrogen and oxygen atoms in total. The van der Waals surface area contributed by atoms with Gasteiger partial charge in [0.15, 0.2) is 5.76 Å². The number of hydrogen-bond donors (Lipinski definition) is 0. The zero-order valence-corrected chi connectivity index (χ0v) is 9.66. The highest BCUT2D eigenvalue weighted by atomic mass is 16.6. The van der Waals surface area contributed by atoms with Crippen molar-refractivity contribution in [3.05, 3.63) is 50.8 Å². The van der Waals surface area contributed by atoms with Crippen molar-refractivity contribution in [3.63, 3.8) is 0 Å². The first-order chi connectivity index (χ1) is 9.58. The second-order valence-electron chi connectivity index (χ2n) is 3.73. The van der Waals surface area contributed by atoms with E-state index in [0.29, 0.717) is 0 Å². The Morgan fingerprint density at radius 2 is 2.00 bits per heavy atom. The Hall–Kier alpha value is -3.30. The molecule has 0 aromatic carbocycles. The molecule has 0 fully saturated rings. The van der Waals surface area contributed by atoms with E-state index < -0.39 is 15.7 Å². The monoisotopic (exact) mass is 275 g/mol. The summed E-state index contributed by atoms with van der Waals surface area (Å²) in [5, 5.41) is 21.7. The molecule has 0 unspecified atom stereocenters. The number of furan rings is 1. The van der Waals surface area contributed by atoms with Gasteiger partial charge in [-0.3, -0.25) is 10.1 Å². The van der Waals surface area contributed by atoms with E-state index >= 15 is 0 Å². The van der Waals surface area contributed by atoms with Crippen molar-refractivity contribution in [3.8, 4) is 11.5 Å². The molecule has 3 heterocycles. The maximum atomic E-state index is 11.2. The Bertz CT molecular complexity index is 836. The van der Waals surface area contributed by atoms with Gasteiger partial charge in [0.1, 0.15) is 11.1 Å². The third kappa shape index (κ3) is 1.67. The molecule has 0 aliphatic rings. The van der Waals surface area contributed by atoms with E-state index in [9.17, 15) is 20.2 Å². The molecule has 20 heavy (non-hydrogen) atoms. The van der Waals surface area contributed by atoms with Crippen LogP contribution in [0.2, 0.25) is 0 Å². The van der Waals surface area contributed by atoms with Gasteiger partial charge in [-0.2, -0.15) is 14.4 Å². The molecule has 0 amide bonds. The molecular formula is C10H5N5O5. The van der Waals surface area contributed by atoms with E-state index in [1.165, 1.54) is 28.9 Å². The molecule has 0 radical (unpaired) electrons. The van der Waals surface area contributed by atoms with Crippen molar-refractivity contribution in [2.24, 2.45) is 0 Å². The lowest BCUT2D eigenvalue weighted by molar-refractivity contribution is -0.402. The van der Waals surface area contributed by atoms with E-state index in [2.05, 4.69) is 9.97 Å². The van der Waals surface area contributed by atoms with Gasteiger partial charge >= 0.3 is 17.5 Å². The van der Waals surface area contributed by atoms with Gasteiger partial charge in [-0.05, 0) is 17.1 Å². The normalized spacial score (nSPS) is 10.8. The van der Waals surface area contributed by atoms with Crippen LogP contribution in [0.1, 0.15) is 0 Å². The second-order valence-corrected chi connectivity index (χ2v) is 3.73. The van der Waals surface area contributed by atoms with Crippen LogP contribution in [0.25, 0.3) is 17.2 Å². The van der Waals surface area contributed by atoms with Gasteiger partial charge in [0.05, 0.1) is 6.07 Å². The van der Waals surface area contributed by atoms with Crippen molar-refractivity contribution in [1.29, 1.82) is 0 Å². The fourth-order valence-corrected chi connectivity index (χ4v) is 1.77. The number of nitrogens with zero attached hydrogens (tertiary/aromatic N) is 5. The van der Waals surface area contributed by atoms with Gasteiger partial charge in [-0.1, -0.05) is 0 Å². The largest absolute Gasteiger partial charge is 0.433 e. The Balaban J connectivity index is 2.26. The number of rotatable bonds is 3. The van der Waals surface area contributed by atoms with Crippen LogP contribution in [-0.4, -0.2) is 24.2 Å². The van der Waals surface area contributed by atoms with Crippen LogP contribution in [0.3, 0.4) is 0 Å². The molecule has 0 saturated heterocycles. The smallest absolute Gasteiger partial charge is 0.399 e. The molecule has 10 heteroatoms. The average molecular weight is 275 g/mol. The summed E-state index contributed by atoms with van der Waals surface area (Å²) in [4.78, 5) is 28.2. The van der Waals surface area contributed by atoms with Crippen molar-refractivity contribution in [2.45, 2.75) is 0 Å². The average Bonchev–Trinajstić information content (AvgIpc) is 3.02. The van der Waals surface area contributed by atoms with Crippen LogP contribution in [0, 0.1) is 20.2 Å². The standard InChI is InChI=1S/C10H5N5O5/c16-14(17)7-3-2-6(20-7)8-9(15(18)19)13-5-1-4-11-10(13)12-8/h1-5H. The Morgan fingerprint density at radius 1 is 1.20 bits per heavy atom. The van der Waals surface area contributed by atoms with Crippen LogP contribution < -0.4 is 0 Å². The van der Waals surface area contributed by atoms with E-state index in [0.717, 1.165) is 6.07 Å². The molecule has 3 aromatic rings. The maximum absolute atomic E-state index is 11.2. The lowest BCUT2D eigenvalue weighted by Crippen LogP contribution is -1.95. The predicted octanol–water partition coefficient (Wildman–Crippen LogP) is 1.81. The molecule has 3 aromatic heterocycles. The predicted molar refractivity (Wildman–Crippen MR) is 64.0 cm³/mol. The summed E-state index contributed by atoms with van der Waals surface area (Å²) in [7, 11) is 0. The topological polar surface area (TPSA) is 130 Å². The van der Waals surface area contributed by atoms with E-state index in [4.69, 9.17) is 4.42 Å². The quantitative estimate of drug-likeness (QED) is 0.526. The van der Waals surface area contributed by atoms with Gasteiger partial charge in [-0.25, -0.2) is 0 Å². The minimum Gasteiger partial charge on any atom is -0.399 e. The number of fused-ring (bicyclic) bond motifs is 1. The minimum absolute atomic E-state index is 0.0612. The Morgan fingerprint density at radius 3 is 2.65 bits per heavy atom. The van der Waals surface area contributed by atoms with Crippen LogP contribution in [-0.2, 0) is 0 Å². The molecule has 0 spiro atoms. The number of imidazole rings is 1. The van der Waals surface area contributed by atoms with Gasteiger partial charge in [0.25, 0.3) is 0 Å². The molecule has 3 rings (SSSR count). The maximum Gasteiger partial charge on any atom is 0.433 e. The number of hydrogen-bond acceptors (Lipinski definition) is 7. The van der Waals surface area contributed by atoms with Crippen LogP contribution >= 0.6 is 0 Å². The summed E-state index contributed by atoms with van der Waals surface area (Å²) in [5.74, 6) is -0.834. The van der Waals surface area contributed by atoms with Crippen LogP contribution in [0.5, 0.6) is 0 Å². The highest BCUT2D eigenvalue weighted by Gasteiger charge is 2.28. The van der Waals surface area contributed by atoms with E-state index in [1.807, 2.05) is 0 Å². The first kappa shape index (κ1) is 11.8. The summed E-state index contributed by atoms with van der Waals surface area (Å²) in [6, 6.07) is 3.87.